The summed E-state index contributed by atoms with van der Waals surface area (Å²) < 4.78 is 17.4. The van der Waals surface area contributed by atoms with Gasteiger partial charge in [-0.05, 0) is 48.9 Å². The van der Waals surface area contributed by atoms with E-state index in [2.05, 4.69) is 5.32 Å². The summed E-state index contributed by atoms with van der Waals surface area (Å²) in [4.78, 5) is 11.1. The number of benzene rings is 2. The molecule has 0 fully saturated rings. The summed E-state index contributed by atoms with van der Waals surface area (Å²) in [6.45, 7) is 2.01. The van der Waals surface area contributed by atoms with Crippen molar-refractivity contribution in [2.45, 2.75) is 24.9 Å². The van der Waals surface area contributed by atoms with Crippen LogP contribution in [0.1, 0.15) is 40.3 Å². The first kappa shape index (κ1) is 22.0. The normalized spacial score (nSPS) is 14.8. The first-order chi connectivity index (χ1) is 13.3. The lowest BCUT2D eigenvalue weighted by atomic mass is 10.1. The molecule has 0 aliphatic carbocycles. The Hall–Kier alpha value is -2.31. The van der Waals surface area contributed by atoms with Crippen LogP contribution in [-0.2, 0) is 4.57 Å². The minimum atomic E-state index is -2.07. The molecule has 2 unspecified atom stereocenters. The Morgan fingerprint density at radius 1 is 1.14 bits per heavy atom. The number of methoxy groups -OCH3 is 1. The maximum Gasteiger partial charge on any atom is 0.377 e. The second-order valence-corrected chi connectivity index (χ2v) is 8.15. The highest BCUT2D eigenvalue weighted by molar-refractivity contribution is 7.44. The van der Waals surface area contributed by atoms with Crippen LogP contribution in [0.3, 0.4) is 0 Å². The molecule has 4 N–H and O–H groups in total. The first-order valence-electron chi connectivity index (χ1n) is 8.82. The van der Waals surface area contributed by atoms with Crippen molar-refractivity contribution in [1.82, 2.24) is 5.32 Å². The Morgan fingerprint density at radius 3 is 2.43 bits per heavy atom. The van der Waals surface area contributed by atoms with Crippen LogP contribution in [0.25, 0.3) is 0 Å². The molecule has 2 aromatic rings. The molecule has 4 atom stereocenters. The highest BCUT2D eigenvalue weighted by atomic mass is 31.1. The fourth-order valence-electron chi connectivity index (χ4n) is 2.69. The molecule has 0 aromatic heterocycles. The Bertz CT molecular complexity index is 811. The summed E-state index contributed by atoms with van der Waals surface area (Å²) in [6.07, 6.45) is -0.973. The number of aliphatic hydroxyl groups is 2. The fraction of sp³-hybridized carbons (Fsp3) is 0.350. The molecule has 0 heterocycles. The maximum absolute atomic E-state index is 12.4. The molecule has 0 bridgehead atoms. The number of carbonyl (C=O) groups is 1. The van der Waals surface area contributed by atoms with E-state index in [0.29, 0.717) is 11.3 Å². The van der Waals surface area contributed by atoms with Gasteiger partial charge in [-0.15, -0.1) is 0 Å². The van der Waals surface area contributed by atoms with E-state index in [0.717, 1.165) is 5.56 Å². The number of ether oxygens (including phenoxy) is 1. The zero-order valence-electron chi connectivity index (χ0n) is 15.8. The molecule has 0 aliphatic heterocycles. The van der Waals surface area contributed by atoms with Crippen LogP contribution >= 0.6 is 7.80 Å². The lowest BCUT2D eigenvalue weighted by Crippen LogP contribution is -2.30. The van der Waals surface area contributed by atoms with E-state index in [-0.39, 0.29) is 24.3 Å². The van der Waals surface area contributed by atoms with Crippen molar-refractivity contribution in [3.8, 4) is 5.75 Å². The second-order valence-electron chi connectivity index (χ2n) is 6.46. The Balaban J connectivity index is 1.86. The van der Waals surface area contributed by atoms with E-state index in [1.807, 2.05) is 6.92 Å². The molecular weight excluding hydrogens is 381 g/mol. The third kappa shape index (κ3) is 6.11. The predicted octanol–water partition coefficient (Wildman–Crippen LogP) is 2.92. The van der Waals surface area contributed by atoms with Crippen molar-refractivity contribution < 1.29 is 29.4 Å². The summed E-state index contributed by atoms with van der Waals surface area (Å²) in [6, 6.07) is 13.0. The summed E-state index contributed by atoms with van der Waals surface area (Å²) >= 11 is 0. The second kappa shape index (κ2) is 10.3. The van der Waals surface area contributed by atoms with Crippen LogP contribution in [0, 0.1) is 0 Å². The largest absolute Gasteiger partial charge is 0.497 e. The van der Waals surface area contributed by atoms with Crippen LogP contribution in [0.5, 0.6) is 5.75 Å². The average molecular weight is 406 g/mol. The Labute approximate surface area is 164 Å². The SMILES string of the molecule is COc1ccc(C(O)[P+](=O)C[C@@H](O)CN[C@H](C)c2cccc(C(=O)O)c2)cc1. The molecule has 7 nitrogen and oxygen atoms in total. The standard InChI is InChI=1S/C20H24NO6P/c1-13(15-4-3-5-16(10-15)19(23)24)21-11-17(22)12-28(26)20(25)14-6-8-18(27-2)9-7-14/h3-10,13,17,20-22,25H,11-12H2,1-2H3/p+1/t13-,17+,20?/m1/s1. The summed E-state index contributed by atoms with van der Waals surface area (Å²) in [5.74, 6) is -1.53. The molecule has 28 heavy (non-hydrogen) atoms. The molecule has 0 saturated heterocycles. The monoisotopic (exact) mass is 406 g/mol. The minimum Gasteiger partial charge on any atom is -0.497 e. The van der Waals surface area contributed by atoms with Gasteiger partial charge in [0.1, 0.15) is 11.9 Å². The number of hydrogen-bond donors (Lipinski definition) is 4. The van der Waals surface area contributed by atoms with Gasteiger partial charge in [0.2, 0.25) is 0 Å². The number of carboxylic acid groups (broad SMARTS) is 1. The summed E-state index contributed by atoms with van der Waals surface area (Å²) in [5.41, 5.74) is 1.47. The fourth-order valence-corrected chi connectivity index (χ4v) is 3.94. The molecule has 0 radical (unpaired) electrons. The molecule has 0 amide bonds. The Morgan fingerprint density at radius 2 is 1.82 bits per heavy atom. The van der Waals surface area contributed by atoms with Crippen LogP contribution in [0.15, 0.2) is 48.5 Å². The van der Waals surface area contributed by atoms with E-state index < -0.39 is 25.7 Å². The number of nitrogens with one attached hydrogen (secondary N) is 1. The molecule has 150 valence electrons. The molecule has 0 saturated carbocycles. The van der Waals surface area contributed by atoms with Gasteiger partial charge in [-0.1, -0.05) is 16.7 Å². The zero-order chi connectivity index (χ0) is 20.7. The molecule has 0 aliphatic rings. The van der Waals surface area contributed by atoms with Crippen molar-refractivity contribution in [3.63, 3.8) is 0 Å². The van der Waals surface area contributed by atoms with E-state index in [1.54, 1.807) is 42.5 Å². The Kier molecular flexibility index (Phi) is 8.08. The number of aromatic carboxylic acids is 1. The maximum atomic E-state index is 12.4. The van der Waals surface area contributed by atoms with Gasteiger partial charge in [-0.2, -0.15) is 0 Å². The van der Waals surface area contributed by atoms with Gasteiger partial charge in [-0.3, -0.25) is 0 Å². The smallest absolute Gasteiger partial charge is 0.377 e. The van der Waals surface area contributed by atoms with E-state index in [1.165, 1.54) is 13.2 Å². The van der Waals surface area contributed by atoms with E-state index in [9.17, 15) is 19.6 Å². The summed E-state index contributed by atoms with van der Waals surface area (Å²) in [7, 11) is -0.537. The van der Waals surface area contributed by atoms with Gasteiger partial charge in [0, 0.05) is 18.2 Å². The highest BCUT2D eigenvalue weighted by Crippen LogP contribution is 2.39. The molecule has 0 spiro atoms. The van der Waals surface area contributed by atoms with Gasteiger partial charge in [0.25, 0.3) is 5.85 Å². The van der Waals surface area contributed by atoms with Crippen LogP contribution in [-0.4, -0.2) is 47.2 Å². The molecular formula is C20H25NO6P+. The summed E-state index contributed by atoms with van der Waals surface area (Å²) in [5, 5.41) is 32.5. The average Bonchev–Trinajstić information content (AvgIpc) is 2.71. The lowest BCUT2D eigenvalue weighted by Gasteiger charge is -2.16. The van der Waals surface area contributed by atoms with E-state index >= 15 is 0 Å². The molecule has 2 rings (SSSR count). The topological polar surface area (TPSA) is 116 Å². The first-order valence-corrected chi connectivity index (χ1v) is 10.3. The minimum absolute atomic E-state index is 0.0581. The number of hydrogen-bond acceptors (Lipinski definition) is 6. The van der Waals surface area contributed by atoms with Crippen molar-refractivity contribution >= 4 is 13.8 Å². The predicted molar refractivity (Wildman–Crippen MR) is 106 cm³/mol. The highest BCUT2D eigenvalue weighted by Gasteiger charge is 2.32. The van der Waals surface area contributed by atoms with Gasteiger partial charge in [-0.25, -0.2) is 4.79 Å². The van der Waals surface area contributed by atoms with Crippen molar-refractivity contribution in [2.75, 3.05) is 19.8 Å². The van der Waals surface area contributed by atoms with Crippen LogP contribution < -0.4 is 10.1 Å². The van der Waals surface area contributed by atoms with Gasteiger partial charge in [0.15, 0.2) is 6.16 Å². The number of rotatable bonds is 10. The van der Waals surface area contributed by atoms with Gasteiger partial charge < -0.3 is 25.4 Å². The van der Waals surface area contributed by atoms with Crippen molar-refractivity contribution in [2.24, 2.45) is 0 Å². The van der Waals surface area contributed by atoms with Gasteiger partial charge >= 0.3 is 13.8 Å². The third-order valence-electron chi connectivity index (χ3n) is 4.37. The van der Waals surface area contributed by atoms with Crippen LogP contribution in [0.2, 0.25) is 0 Å². The molecule has 8 heteroatoms. The molecule has 2 aromatic carbocycles. The number of carboxylic acids is 1. The van der Waals surface area contributed by atoms with E-state index in [4.69, 9.17) is 9.84 Å². The van der Waals surface area contributed by atoms with Gasteiger partial charge in [0.05, 0.1) is 12.7 Å². The van der Waals surface area contributed by atoms with Crippen LogP contribution in [0.4, 0.5) is 0 Å². The zero-order valence-corrected chi connectivity index (χ0v) is 16.7. The van der Waals surface area contributed by atoms with Crippen molar-refractivity contribution in [1.29, 1.82) is 0 Å². The van der Waals surface area contributed by atoms with Crippen molar-refractivity contribution in [3.05, 3.63) is 65.2 Å². The number of aliphatic hydroxyl groups excluding tert-OH is 2. The lowest BCUT2D eigenvalue weighted by molar-refractivity contribution is 0.0696. The third-order valence-corrected chi connectivity index (χ3v) is 6.00. The quantitative estimate of drug-likeness (QED) is 0.448.